The third-order valence-corrected chi connectivity index (χ3v) is 3.15. The highest BCUT2D eigenvalue weighted by Crippen LogP contribution is 2.32. The molecule has 1 aliphatic rings. The molecule has 1 saturated carbocycles. The van der Waals surface area contributed by atoms with E-state index in [2.05, 4.69) is 10.1 Å². The molecule has 0 spiro atoms. The summed E-state index contributed by atoms with van der Waals surface area (Å²) in [6.07, 6.45) is 4.38. The van der Waals surface area contributed by atoms with Gasteiger partial charge >= 0.3 is 0 Å². The first-order valence-electron chi connectivity index (χ1n) is 5.95. The molecule has 1 N–H and O–H groups in total. The van der Waals surface area contributed by atoms with Crippen LogP contribution in [0.3, 0.4) is 0 Å². The van der Waals surface area contributed by atoms with Gasteiger partial charge in [-0.1, -0.05) is 38.8 Å². The zero-order valence-corrected chi connectivity index (χ0v) is 10.3. The van der Waals surface area contributed by atoms with Gasteiger partial charge in [0.15, 0.2) is 5.82 Å². The molecule has 0 saturated heterocycles. The van der Waals surface area contributed by atoms with Crippen LogP contribution in [0.2, 0.25) is 0 Å². The summed E-state index contributed by atoms with van der Waals surface area (Å²) < 4.78 is 5.20. The lowest BCUT2D eigenvalue weighted by atomic mass is 9.95. The van der Waals surface area contributed by atoms with E-state index in [0.717, 1.165) is 25.7 Å². The van der Waals surface area contributed by atoms with Crippen molar-refractivity contribution in [2.24, 2.45) is 0 Å². The third-order valence-electron chi connectivity index (χ3n) is 3.15. The summed E-state index contributed by atoms with van der Waals surface area (Å²) in [6, 6.07) is 0. The largest absolute Gasteiger partial charge is 0.389 e. The van der Waals surface area contributed by atoms with Crippen LogP contribution < -0.4 is 0 Å². The second kappa shape index (κ2) is 3.84. The third kappa shape index (κ3) is 2.43. The van der Waals surface area contributed by atoms with Crippen molar-refractivity contribution in [3.8, 4) is 0 Å². The van der Waals surface area contributed by atoms with Crippen LogP contribution in [0.5, 0.6) is 0 Å². The number of hydrogen-bond donors (Lipinski definition) is 1. The lowest BCUT2D eigenvalue weighted by molar-refractivity contribution is 0.0402. The zero-order valence-electron chi connectivity index (χ0n) is 10.3. The first-order chi connectivity index (χ1) is 7.39. The number of hydrogen-bond acceptors (Lipinski definition) is 4. The molecule has 0 unspecified atom stereocenters. The fourth-order valence-corrected chi connectivity index (χ4v) is 2.12. The highest BCUT2D eigenvalue weighted by Gasteiger charge is 2.34. The van der Waals surface area contributed by atoms with Crippen LogP contribution in [0.15, 0.2) is 4.52 Å². The van der Waals surface area contributed by atoms with E-state index in [4.69, 9.17) is 4.52 Å². The van der Waals surface area contributed by atoms with Crippen LogP contribution in [0.1, 0.15) is 58.2 Å². The molecule has 1 fully saturated rings. The van der Waals surface area contributed by atoms with E-state index in [0.29, 0.717) is 18.1 Å². The molecule has 90 valence electrons. The standard InChI is InChI=1S/C12H20N2O2/c1-11(2,3)10-13-9(16-14-10)8-12(15)6-4-5-7-12/h15H,4-8H2,1-3H3. The predicted molar refractivity (Wildman–Crippen MR) is 60.1 cm³/mol. The molecule has 0 atom stereocenters. The maximum Gasteiger partial charge on any atom is 0.229 e. The Labute approximate surface area is 96.1 Å². The minimum atomic E-state index is -0.609. The van der Waals surface area contributed by atoms with Crippen molar-refractivity contribution in [3.05, 3.63) is 11.7 Å². The van der Waals surface area contributed by atoms with Crippen LogP contribution in [0.4, 0.5) is 0 Å². The summed E-state index contributed by atoms with van der Waals surface area (Å²) in [5.41, 5.74) is -0.707. The van der Waals surface area contributed by atoms with E-state index in [1.165, 1.54) is 0 Å². The molecular formula is C12H20N2O2. The molecule has 4 heteroatoms. The summed E-state index contributed by atoms with van der Waals surface area (Å²) in [5, 5.41) is 14.2. The molecule has 2 rings (SSSR count). The molecule has 0 aromatic carbocycles. The molecular weight excluding hydrogens is 204 g/mol. The van der Waals surface area contributed by atoms with E-state index in [9.17, 15) is 5.11 Å². The highest BCUT2D eigenvalue weighted by atomic mass is 16.5. The molecule has 1 aromatic rings. The van der Waals surface area contributed by atoms with E-state index in [1.54, 1.807) is 0 Å². The molecule has 1 aromatic heterocycles. The topological polar surface area (TPSA) is 59.2 Å². The van der Waals surface area contributed by atoms with Crippen molar-refractivity contribution in [1.29, 1.82) is 0 Å². The smallest absolute Gasteiger partial charge is 0.229 e. The highest BCUT2D eigenvalue weighted by molar-refractivity contribution is 5.02. The van der Waals surface area contributed by atoms with Crippen LogP contribution >= 0.6 is 0 Å². The Kier molecular flexibility index (Phi) is 2.78. The lowest BCUT2D eigenvalue weighted by Gasteiger charge is -2.19. The Morgan fingerprint density at radius 1 is 1.31 bits per heavy atom. The van der Waals surface area contributed by atoms with Crippen molar-refractivity contribution in [2.45, 2.75) is 63.9 Å². The maximum absolute atomic E-state index is 10.2. The number of aromatic nitrogens is 2. The SMILES string of the molecule is CC(C)(C)c1noc(CC2(O)CCCC2)n1. The normalized spacial score (nSPS) is 20.2. The van der Waals surface area contributed by atoms with Crippen molar-refractivity contribution < 1.29 is 9.63 Å². The average Bonchev–Trinajstić information content (AvgIpc) is 2.74. The van der Waals surface area contributed by atoms with Gasteiger partial charge in [-0.05, 0) is 12.8 Å². The van der Waals surface area contributed by atoms with Gasteiger partial charge in [-0.25, -0.2) is 0 Å². The Balaban J connectivity index is 2.08. The van der Waals surface area contributed by atoms with Crippen LogP contribution in [-0.2, 0) is 11.8 Å². The molecule has 16 heavy (non-hydrogen) atoms. The first kappa shape index (κ1) is 11.6. The molecule has 0 radical (unpaired) electrons. The molecule has 0 bridgehead atoms. The maximum atomic E-state index is 10.2. The van der Waals surface area contributed by atoms with Gasteiger partial charge in [-0.3, -0.25) is 0 Å². The molecule has 1 heterocycles. The second-order valence-electron chi connectivity index (χ2n) is 5.87. The summed E-state index contributed by atoms with van der Waals surface area (Å²) in [6.45, 7) is 6.14. The van der Waals surface area contributed by atoms with Gasteiger partial charge in [0.05, 0.1) is 12.0 Å². The van der Waals surface area contributed by atoms with Gasteiger partial charge in [0.25, 0.3) is 0 Å². The van der Waals surface area contributed by atoms with Crippen LogP contribution in [0.25, 0.3) is 0 Å². The predicted octanol–water partition coefficient (Wildman–Crippen LogP) is 2.21. The Morgan fingerprint density at radius 2 is 1.94 bits per heavy atom. The van der Waals surface area contributed by atoms with Crippen molar-refractivity contribution in [3.63, 3.8) is 0 Å². The molecule has 1 aliphatic carbocycles. The average molecular weight is 224 g/mol. The van der Waals surface area contributed by atoms with E-state index in [-0.39, 0.29) is 5.41 Å². The summed E-state index contributed by atoms with van der Waals surface area (Å²) >= 11 is 0. The van der Waals surface area contributed by atoms with Crippen molar-refractivity contribution in [1.82, 2.24) is 10.1 Å². The molecule has 0 amide bonds. The minimum absolute atomic E-state index is 0.0972. The zero-order chi connectivity index (χ0) is 11.8. The quantitative estimate of drug-likeness (QED) is 0.836. The van der Waals surface area contributed by atoms with E-state index in [1.807, 2.05) is 20.8 Å². The second-order valence-corrected chi connectivity index (χ2v) is 5.87. The minimum Gasteiger partial charge on any atom is -0.389 e. The van der Waals surface area contributed by atoms with E-state index >= 15 is 0 Å². The number of aliphatic hydroxyl groups is 1. The Bertz CT molecular complexity index is 359. The van der Waals surface area contributed by atoms with Gasteiger partial charge in [-0.2, -0.15) is 4.98 Å². The van der Waals surface area contributed by atoms with Crippen LogP contribution in [0, 0.1) is 0 Å². The van der Waals surface area contributed by atoms with E-state index < -0.39 is 5.60 Å². The van der Waals surface area contributed by atoms with Gasteiger partial charge in [0, 0.05) is 5.41 Å². The summed E-state index contributed by atoms with van der Waals surface area (Å²) in [4.78, 5) is 4.35. The number of nitrogens with zero attached hydrogens (tertiary/aromatic N) is 2. The fourth-order valence-electron chi connectivity index (χ4n) is 2.12. The molecule has 0 aliphatic heterocycles. The van der Waals surface area contributed by atoms with Crippen molar-refractivity contribution in [2.75, 3.05) is 0 Å². The van der Waals surface area contributed by atoms with Gasteiger partial charge in [0.1, 0.15) is 0 Å². The molecule has 4 nitrogen and oxygen atoms in total. The fraction of sp³-hybridized carbons (Fsp3) is 0.833. The van der Waals surface area contributed by atoms with Gasteiger partial charge in [0.2, 0.25) is 5.89 Å². The Hall–Kier alpha value is -0.900. The monoisotopic (exact) mass is 224 g/mol. The first-order valence-corrected chi connectivity index (χ1v) is 5.95. The van der Waals surface area contributed by atoms with Gasteiger partial charge in [-0.15, -0.1) is 0 Å². The van der Waals surface area contributed by atoms with Crippen molar-refractivity contribution >= 4 is 0 Å². The summed E-state index contributed by atoms with van der Waals surface area (Å²) in [7, 11) is 0. The lowest BCUT2D eigenvalue weighted by Crippen LogP contribution is -2.27. The van der Waals surface area contributed by atoms with Gasteiger partial charge < -0.3 is 9.63 Å². The van der Waals surface area contributed by atoms with Crippen LogP contribution in [-0.4, -0.2) is 20.8 Å². The summed E-state index contributed by atoms with van der Waals surface area (Å²) in [5.74, 6) is 1.28. The number of rotatable bonds is 2. The Morgan fingerprint density at radius 3 is 2.44 bits per heavy atom.